The Labute approximate surface area is 96.5 Å². The number of alkyl halides is 3. The molecule has 0 aliphatic rings. The summed E-state index contributed by atoms with van der Waals surface area (Å²) in [5.74, 6) is -3.62. The Morgan fingerprint density at radius 3 is 2.12 bits per heavy atom. The third kappa shape index (κ3) is 5.87. The summed E-state index contributed by atoms with van der Waals surface area (Å²) < 4.78 is 62.0. The highest BCUT2D eigenvalue weighted by Gasteiger charge is 2.36. The second kappa shape index (κ2) is 5.67. The molecule has 0 bridgehead atoms. The molecule has 0 aromatic heterocycles. The highest BCUT2D eigenvalue weighted by molar-refractivity contribution is 7.92. The quantitative estimate of drug-likeness (QED) is 0.785. The van der Waals surface area contributed by atoms with Crippen LogP contribution in [0, 0.1) is 5.92 Å². The lowest BCUT2D eigenvalue weighted by Gasteiger charge is -2.17. The SMILES string of the molecule is CC(C)C(C(=O)O)S(=O)(=O)COCC(F)(F)F. The Balaban J connectivity index is 4.62. The van der Waals surface area contributed by atoms with Gasteiger partial charge in [0.1, 0.15) is 12.5 Å². The Morgan fingerprint density at radius 2 is 1.82 bits per heavy atom. The van der Waals surface area contributed by atoms with Crippen molar-refractivity contribution in [2.75, 3.05) is 12.5 Å². The van der Waals surface area contributed by atoms with Gasteiger partial charge in [-0.15, -0.1) is 0 Å². The Bertz CT molecular complexity index is 360. The molecule has 0 saturated carbocycles. The summed E-state index contributed by atoms with van der Waals surface area (Å²) in [6.07, 6.45) is -4.65. The van der Waals surface area contributed by atoms with E-state index < -0.39 is 45.7 Å². The lowest BCUT2D eigenvalue weighted by Crippen LogP contribution is -2.37. The first-order valence-electron chi connectivity index (χ1n) is 4.56. The molecule has 0 fully saturated rings. The number of aliphatic carboxylic acids is 1. The van der Waals surface area contributed by atoms with Crippen molar-refractivity contribution in [1.29, 1.82) is 0 Å². The van der Waals surface area contributed by atoms with Crippen molar-refractivity contribution in [3.05, 3.63) is 0 Å². The van der Waals surface area contributed by atoms with Gasteiger partial charge in [0.2, 0.25) is 0 Å². The zero-order valence-corrected chi connectivity index (χ0v) is 10.0. The predicted octanol–water partition coefficient (Wildman–Crippen LogP) is 1.05. The number of ether oxygens (including phenoxy) is 1. The lowest BCUT2D eigenvalue weighted by atomic mass is 10.1. The van der Waals surface area contributed by atoms with Gasteiger partial charge in [-0.05, 0) is 5.92 Å². The molecular formula is C8H13F3O5S. The van der Waals surface area contributed by atoms with Gasteiger partial charge in [0.05, 0.1) is 0 Å². The van der Waals surface area contributed by atoms with Crippen LogP contribution in [0.25, 0.3) is 0 Å². The number of carboxylic acids is 1. The van der Waals surface area contributed by atoms with Gasteiger partial charge < -0.3 is 9.84 Å². The molecule has 17 heavy (non-hydrogen) atoms. The smallest absolute Gasteiger partial charge is 0.411 e. The van der Waals surface area contributed by atoms with Gasteiger partial charge in [0.15, 0.2) is 15.1 Å². The van der Waals surface area contributed by atoms with Crippen LogP contribution in [-0.2, 0) is 19.4 Å². The molecular weight excluding hydrogens is 265 g/mol. The number of hydrogen-bond acceptors (Lipinski definition) is 4. The minimum Gasteiger partial charge on any atom is -0.480 e. The van der Waals surface area contributed by atoms with Crippen LogP contribution >= 0.6 is 0 Å². The fourth-order valence-corrected chi connectivity index (χ4v) is 2.80. The maximum atomic E-state index is 11.7. The molecule has 0 saturated heterocycles. The first-order valence-corrected chi connectivity index (χ1v) is 6.28. The second-order valence-corrected chi connectivity index (χ2v) is 5.82. The molecule has 1 unspecified atom stereocenters. The summed E-state index contributed by atoms with van der Waals surface area (Å²) >= 11 is 0. The molecule has 0 aromatic rings. The van der Waals surface area contributed by atoms with Crippen LogP contribution < -0.4 is 0 Å². The van der Waals surface area contributed by atoms with Gasteiger partial charge in [-0.1, -0.05) is 13.8 Å². The molecule has 0 spiro atoms. The van der Waals surface area contributed by atoms with Crippen molar-refractivity contribution in [1.82, 2.24) is 0 Å². The van der Waals surface area contributed by atoms with Crippen LogP contribution in [0.5, 0.6) is 0 Å². The van der Waals surface area contributed by atoms with E-state index in [0.717, 1.165) is 0 Å². The van der Waals surface area contributed by atoms with Gasteiger partial charge in [0, 0.05) is 0 Å². The van der Waals surface area contributed by atoms with E-state index in [1.807, 2.05) is 0 Å². The molecule has 1 atom stereocenters. The molecule has 1 N–H and O–H groups in total. The third-order valence-corrected chi connectivity index (χ3v) is 3.76. The Hall–Kier alpha value is -0.830. The van der Waals surface area contributed by atoms with Crippen molar-refractivity contribution in [3.63, 3.8) is 0 Å². The normalized spacial score (nSPS) is 14.9. The number of rotatable bonds is 6. The number of halogens is 3. The van der Waals surface area contributed by atoms with Crippen LogP contribution in [0.4, 0.5) is 13.2 Å². The van der Waals surface area contributed by atoms with E-state index >= 15 is 0 Å². The molecule has 9 heteroatoms. The van der Waals surface area contributed by atoms with Gasteiger partial charge in [-0.25, -0.2) is 8.42 Å². The minimum absolute atomic E-state index is 0.757. The minimum atomic E-state index is -4.65. The largest absolute Gasteiger partial charge is 0.480 e. The fourth-order valence-electron chi connectivity index (χ4n) is 1.20. The average molecular weight is 278 g/mol. The third-order valence-electron chi connectivity index (χ3n) is 1.75. The van der Waals surface area contributed by atoms with E-state index in [1.165, 1.54) is 13.8 Å². The van der Waals surface area contributed by atoms with Crippen LogP contribution in [0.3, 0.4) is 0 Å². The van der Waals surface area contributed by atoms with Crippen LogP contribution in [0.15, 0.2) is 0 Å². The molecule has 0 aromatic carbocycles. The van der Waals surface area contributed by atoms with Crippen LogP contribution in [0.1, 0.15) is 13.8 Å². The topological polar surface area (TPSA) is 80.7 Å². The molecule has 102 valence electrons. The summed E-state index contributed by atoms with van der Waals surface area (Å²) in [5.41, 5.74) is 0. The molecule has 0 heterocycles. The van der Waals surface area contributed by atoms with Gasteiger partial charge in [0.25, 0.3) is 0 Å². The standard InChI is InChI=1S/C8H13F3O5S/c1-5(2)6(7(12)13)17(14,15)4-16-3-8(9,10)11/h5-6H,3-4H2,1-2H3,(H,12,13). The van der Waals surface area contributed by atoms with Crippen molar-refractivity contribution >= 4 is 15.8 Å². The van der Waals surface area contributed by atoms with E-state index in [1.54, 1.807) is 0 Å². The van der Waals surface area contributed by atoms with E-state index in [4.69, 9.17) is 5.11 Å². The maximum Gasteiger partial charge on any atom is 0.411 e. The summed E-state index contributed by atoms with van der Waals surface area (Å²) in [7, 11) is -4.27. The zero-order valence-electron chi connectivity index (χ0n) is 9.19. The molecule has 0 aliphatic carbocycles. The molecule has 0 radical (unpaired) electrons. The highest BCUT2D eigenvalue weighted by Crippen LogP contribution is 2.17. The Morgan fingerprint density at radius 1 is 1.35 bits per heavy atom. The van der Waals surface area contributed by atoms with Crippen LogP contribution in [0.2, 0.25) is 0 Å². The average Bonchev–Trinajstić information content (AvgIpc) is 1.96. The fraction of sp³-hybridized carbons (Fsp3) is 0.875. The van der Waals surface area contributed by atoms with Crippen molar-refractivity contribution in [2.24, 2.45) is 5.92 Å². The monoisotopic (exact) mass is 278 g/mol. The highest BCUT2D eigenvalue weighted by atomic mass is 32.2. The Kier molecular flexibility index (Phi) is 5.40. The van der Waals surface area contributed by atoms with E-state index in [2.05, 4.69) is 4.74 Å². The first-order chi connectivity index (χ1) is 7.47. The van der Waals surface area contributed by atoms with E-state index in [9.17, 15) is 26.4 Å². The van der Waals surface area contributed by atoms with Crippen LogP contribution in [-0.4, -0.2) is 43.5 Å². The number of carboxylic acid groups (broad SMARTS) is 1. The molecule has 5 nitrogen and oxygen atoms in total. The summed E-state index contributed by atoms with van der Waals surface area (Å²) in [5, 5.41) is 6.91. The van der Waals surface area contributed by atoms with Gasteiger partial charge >= 0.3 is 12.1 Å². The summed E-state index contributed by atoms with van der Waals surface area (Å²) in [4.78, 5) is 10.7. The summed E-state index contributed by atoms with van der Waals surface area (Å²) in [6.45, 7) is 0.969. The van der Waals surface area contributed by atoms with E-state index in [0.29, 0.717) is 0 Å². The zero-order chi connectivity index (χ0) is 13.9. The van der Waals surface area contributed by atoms with Crippen molar-refractivity contribution in [2.45, 2.75) is 25.3 Å². The molecule has 0 amide bonds. The van der Waals surface area contributed by atoms with Gasteiger partial charge in [-0.3, -0.25) is 4.79 Å². The van der Waals surface area contributed by atoms with E-state index in [-0.39, 0.29) is 0 Å². The number of hydrogen-bond donors (Lipinski definition) is 1. The second-order valence-electron chi connectivity index (χ2n) is 3.75. The first kappa shape index (κ1) is 16.2. The lowest BCUT2D eigenvalue weighted by molar-refractivity contribution is -0.169. The molecule has 0 aliphatic heterocycles. The number of carbonyl (C=O) groups is 1. The summed E-state index contributed by atoms with van der Waals surface area (Å²) in [6, 6.07) is 0. The van der Waals surface area contributed by atoms with Gasteiger partial charge in [-0.2, -0.15) is 13.2 Å². The maximum absolute atomic E-state index is 11.7. The molecule has 0 rings (SSSR count). The van der Waals surface area contributed by atoms with Crippen molar-refractivity contribution < 1.29 is 36.2 Å². The van der Waals surface area contributed by atoms with Crippen molar-refractivity contribution in [3.8, 4) is 0 Å². The number of sulfone groups is 1. The predicted molar refractivity (Wildman–Crippen MR) is 52.1 cm³/mol.